The average molecular weight is 187 g/mol. The Balaban J connectivity index is 1.97. The highest BCUT2D eigenvalue weighted by Crippen LogP contribution is 2.21. The lowest BCUT2D eigenvalue weighted by molar-refractivity contribution is 0.0100. The van der Waals surface area contributed by atoms with Gasteiger partial charge in [-0.15, -0.1) is 0 Å². The van der Waals surface area contributed by atoms with E-state index in [2.05, 4.69) is 5.32 Å². The normalized spacial score (nSPS) is 28.2. The first-order chi connectivity index (χ1) is 6.36. The van der Waals surface area contributed by atoms with E-state index in [1.54, 1.807) is 0 Å². The molecule has 1 fully saturated rings. The first-order valence-corrected chi connectivity index (χ1v) is 5.23. The predicted molar refractivity (Wildman–Crippen MR) is 52.9 cm³/mol. The molecular formula is C10H21NO2. The van der Waals surface area contributed by atoms with Crippen LogP contribution in [0.4, 0.5) is 0 Å². The molecule has 1 N–H and O–H groups in total. The van der Waals surface area contributed by atoms with Gasteiger partial charge in [0.2, 0.25) is 0 Å². The van der Waals surface area contributed by atoms with E-state index in [0.717, 1.165) is 26.2 Å². The number of rotatable bonds is 6. The summed E-state index contributed by atoms with van der Waals surface area (Å²) in [5.41, 5.74) is 0. The summed E-state index contributed by atoms with van der Waals surface area (Å²) in [6.45, 7) is 4.27. The molecule has 0 saturated heterocycles. The van der Waals surface area contributed by atoms with Crippen LogP contribution >= 0.6 is 0 Å². The summed E-state index contributed by atoms with van der Waals surface area (Å²) in [4.78, 5) is 0. The maximum Gasteiger partial charge on any atom is 0.0704 e. The maximum atomic E-state index is 5.67. The van der Waals surface area contributed by atoms with Crippen molar-refractivity contribution in [2.24, 2.45) is 0 Å². The molecule has 0 aromatic heterocycles. The van der Waals surface area contributed by atoms with Gasteiger partial charge in [0.1, 0.15) is 0 Å². The maximum absolute atomic E-state index is 5.67. The number of hydrogen-bond donors (Lipinski definition) is 1. The Labute approximate surface area is 80.8 Å². The minimum absolute atomic E-state index is 0.456. The molecular weight excluding hydrogens is 166 g/mol. The van der Waals surface area contributed by atoms with Gasteiger partial charge in [0.15, 0.2) is 0 Å². The lowest BCUT2D eigenvalue weighted by Crippen LogP contribution is -2.23. The minimum atomic E-state index is 0.456. The van der Waals surface area contributed by atoms with Gasteiger partial charge in [-0.1, -0.05) is 0 Å². The van der Waals surface area contributed by atoms with E-state index in [1.807, 2.05) is 14.0 Å². The second-order valence-electron chi connectivity index (χ2n) is 3.49. The van der Waals surface area contributed by atoms with E-state index in [1.165, 1.54) is 12.8 Å². The van der Waals surface area contributed by atoms with Gasteiger partial charge in [0.05, 0.1) is 19.3 Å². The summed E-state index contributed by atoms with van der Waals surface area (Å²) in [6, 6.07) is 0.664. The van der Waals surface area contributed by atoms with Gasteiger partial charge < -0.3 is 14.8 Å². The van der Waals surface area contributed by atoms with Crippen LogP contribution in [0.1, 0.15) is 26.2 Å². The highest BCUT2D eigenvalue weighted by atomic mass is 16.5. The van der Waals surface area contributed by atoms with Crippen LogP contribution in [0.25, 0.3) is 0 Å². The van der Waals surface area contributed by atoms with Crippen molar-refractivity contribution in [2.45, 2.75) is 38.3 Å². The molecule has 0 radical (unpaired) electrons. The van der Waals surface area contributed by atoms with Crippen molar-refractivity contribution < 1.29 is 9.47 Å². The van der Waals surface area contributed by atoms with Crippen LogP contribution in [0.5, 0.6) is 0 Å². The fourth-order valence-electron chi connectivity index (χ4n) is 1.77. The average Bonchev–Trinajstić information content (AvgIpc) is 2.60. The Hall–Kier alpha value is -0.120. The van der Waals surface area contributed by atoms with Gasteiger partial charge in [0, 0.05) is 12.6 Å². The van der Waals surface area contributed by atoms with E-state index in [9.17, 15) is 0 Å². The molecule has 0 bridgehead atoms. The quantitative estimate of drug-likeness (QED) is 0.633. The second-order valence-corrected chi connectivity index (χ2v) is 3.49. The van der Waals surface area contributed by atoms with E-state index in [0.29, 0.717) is 12.1 Å². The summed E-state index contributed by atoms with van der Waals surface area (Å²) in [6.07, 6.45) is 4.05. The van der Waals surface area contributed by atoms with Crippen molar-refractivity contribution in [3.8, 4) is 0 Å². The van der Waals surface area contributed by atoms with E-state index >= 15 is 0 Å². The van der Waals surface area contributed by atoms with Crippen molar-refractivity contribution in [3.05, 3.63) is 0 Å². The molecule has 1 rings (SSSR count). The van der Waals surface area contributed by atoms with Gasteiger partial charge in [-0.2, -0.15) is 0 Å². The van der Waals surface area contributed by atoms with Crippen molar-refractivity contribution in [2.75, 3.05) is 26.9 Å². The van der Waals surface area contributed by atoms with Crippen LogP contribution in [0, 0.1) is 0 Å². The van der Waals surface area contributed by atoms with Gasteiger partial charge in [-0.25, -0.2) is 0 Å². The predicted octanol–water partition coefficient (Wildman–Crippen LogP) is 1.18. The van der Waals surface area contributed by atoms with Crippen LogP contribution in [0.3, 0.4) is 0 Å². The molecule has 0 aliphatic heterocycles. The molecule has 1 aliphatic rings. The molecule has 1 aliphatic carbocycles. The van der Waals surface area contributed by atoms with Gasteiger partial charge in [0.25, 0.3) is 0 Å². The van der Waals surface area contributed by atoms with Crippen molar-refractivity contribution in [3.63, 3.8) is 0 Å². The van der Waals surface area contributed by atoms with E-state index < -0.39 is 0 Å². The Morgan fingerprint density at radius 2 is 2.15 bits per heavy atom. The van der Waals surface area contributed by atoms with E-state index in [4.69, 9.17) is 9.47 Å². The number of ether oxygens (including phenoxy) is 2. The minimum Gasteiger partial charge on any atom is -0.379 e. The molecule has 0 amide bonds. The first-order valence-electron chi connectivity index (χ1n) is 5.23. The standard InChI is InChI=1S/C10H21NO2/c1-3-12-6-7-13-10-5-4-9(8-10)11-2/h9-11H,3-8H2,1-2H3. The van der Waals surface area contributed by atoms with Crippen LogP contribution in [-0.4, -0.2) is 39.0 Å². The third-order valence-electron chi connectivity index (χ3n) is 2.58. The Morgan fingerprint density at radius 1 is 1.31 bits per heavy atom. The molecule has 1 saturated carbocycles. The first kappa shape index (κ1) is 11.0. The van der Waals surface area contributed by atoms with Crippen LogP contribution in [0.15, 0.2) is 0 Å². The summed E-state index contributed by atoms with van der Waals surface area (Å²) in [5.74, 6) is 0. The van der Waals surface area contributed by atoms with Crippen molar-refractivity contribution in [1.29, 1.82) is 0 Å². The summed E-state index contributed by atoms with van der Waals surface area (Å²) < 4.78 is 10.9. The molecule has 0 spiro atoms. The van der Waals surface area contributed by atoms with E-state index in [-0.39, 0.29) is 0 Å². The molecule has 13 heavy (non-hydrogen) atoms. The lowest BCUT2D eigenvalue weighted by atomic mass is 10.2. The third kappa shape index (κ3) is 4.07. The topological polar surface area (TPSA) is 30.5 Å². The molecule has 78 valence electrons. The summed E-state index contributed by atoms with van der Waals surface area (Å²) in [5, 5.41) is 3.28. The SMILES string of the molecule is CCOCCOC1CCC(NC)C1. The zero-order valence-corrected chi connectivity index (χ0v) is 8.71. The smallest absolute Gasteiger partial charge is 0.0704 e. The number of nitrogens with one attached hydrogen (secondary N) is 1. The van der Waals surface area contributed by atoms with Crippen molar-refractivity contribution >= 4 is 0 Å². The monoisotopic (exact) mass is 187 g/mol. The van der Waals surface area contributed by atoms with Crippen molar-refractivity contribution in [1.82, 2.24) is 5.32 Å². The Kier molecular flexibility index (Phi) is 5.35. The lowest BCUT2D eigenvalue weighted by Gasteiger charge is -2.12. The molecule has 2 atom stereocenters. The molecule has 3 nitrogen and oxygen atoms in total. The largest absolute Gasteiger partial charge is 0.379 e. The molecule has 3 heteroatoms. The number of hydrogen-bond acceptors (Lipinski definition) is 3. The van der Waals surface area contributed by atoms with Crippen LogP contribution in [-0.2, 0) is 9.47 Å². The highest BCUT2D eigenvalue weighted by molar-refractivity contribution is 4.79. The zero-order valence-electron chi connectivity index (χ0n) is 8.71. The zero-order chi connectivity index (χ0) is 9.52. The van der Waals surface area contributed by atoms with Crippen LogP contribution < -0.4 is 5.32 Å². The second kappa shape index (κ2) is 6.35. The summed E-state index contributed by atoms with van der Waals surface area (Å²) in [7, 11) is 2.02. The molecule has 0 heterocycles. The van der Waals surface area contributed by atoms with Gasteiger partial charge in [-0.3, -0.25) is 0 Å². The molecule has 0 aromatic rings. The van der Waals surface area contributed by atoms with Crippen LogP contribution in [0.2, 0.25) is 0 Å². The fourth-order valence-corrected chi connectivity index (χ4v) is 1.77. The van der Waals surface area contributed by atoms with Gasteiger partial charge in [-0.05, 0) is 33.2 Å². The summed E-state index contributed by atoms with van der Waals surface area (Å²) >= 11 is 0. The third-order valence-corrected chi connectivity index (χ3v) is 2.58. The molecule has 0 aromatic carbocycles. The highest BCUT2D eigenvalue weighted by Gasteiger charge is 2.23. The Morgan fingerprint density at radius 3 is 2.77 bits per heavy atom. The Bertz CT molecular complexity index is 130. The molecule has 2 unspecified atom stereocenters. The van der Waals surface area contributed by atoms with Gasteiger partial charge >= 0.3 is 0 Å². The fraction of sp³-hybridized carbons (Fsp3) is 1.00.